The molecule has 0 fully saturated rings. The summed E-state index contributed by atoms with van der Waals surface area (Å²) in [5.41, 5.74) is 3.18. The summed E-state index contributed by atoms with van der Waals surface area (Å²) >= 11 is 0. The molecular formula is C25H25N5O. The second-order valence-corrected chi connectivity index (χ2v) is 8.42. The molecule has 0 atom stereocenters. The fraction of sp³-hybridized carbons (Fsp3) is 0.200. The van der Waals surface area contributed by atoms with Crippen molar-refractivity contribution in [2.24, 2.45) is 0 Å². The van der Waals surface area contributed by atoms with Crippen LogP contribution < -0.4 is 5.32 Å². The summed E-state index contributed by atoms with van der Waals surface area (Å²) in [7, 11) is 0. The quantitative estimate of drug-likeness (QED) is 0.505. The van der Waals surface area contributed by atoms with Gasteiger partial charge in [-0.1, -0.05) is 81.4 Å². The Morgan fingerprint density at radius 3 is 2.16 bits per heavy atom. The molecule has 0 aliphatic rings. The number of aromatic nitrogens is 4. The van der Waals surface area contributed by atoms with Gasteiger partial charge in [-0.05, 0) is 5.56 Å². The molecule has 1 N–H and O–H groups in total. The van der Waals surface area contributed by atoms with E-state index < -0.39 is 0 Å². The number of rotatable bonds is 5. The molecule has 2 aromatic carbocycles. The van der Waals surface area contributed by atoms with Crippen molar-refractivity contribution < 1.29 is 4.79 Å². The highest BCUT2D eigenvalue weighted by Gasteiger charge is 2.21. The predicted octanol–water partition coefficient (Wildman–Crippen LogP) is 4.94. The number of hydrogen-bond acceptors (Lipinski definition) is 4. The highest BCUT2D eigenvalue weighted by molar-refractivity contribution is 6.03. The summed E-state index contributed by atoms with van der Waals surface area (Å²) in [5, 5.41) is 7.73. The van der Waals surface area contributed by atoms with Gasteiger partial charge in [-0.25, -0.2) is 14.6 Å². The maximum Gasteiger partial charge on any atom is 0.259 e. The van der Waals surface area contributed by atoms with Crippen molar-refractivity contribution in [1.82, 2.24) is 19.7 Å². The van der Waals surface area contributed by atoms with Crippen molar-refractivity contribution in [3.8, 4) is 11.4 Å². The maximum absolute atomic E-state index is 12.9. The van der Waals surface area contributed by atoms with Gasteiger partial charge in [0.15, 0.2) is 5.82 Å². The van der Waals surface area contributed by atoms with E-state index in [0.29, 0.717) is 23.8 Å². The Balaban J connectivity index is 1.57. The number of hydrogen-bond donors (Lipinski definition) is 1. The number of anilines is 1. The van der Waals surface area contributed by atoms with Crippen molar-refractivity contribution >= 4 is 11.7 Å². The van der Waals surface area contributed by atoms with Crippen LogP contribution in [-0.2, 0) is 12.0 Å². The molecule has 4 aromatic rings. The van der Waals surface area contributed by atoms with E-state index in [0.717, 1.165) is 16.8 Å². The molecule has 156 valence electrons. The number of carbonyl (C=O) groups excluding carboxylic acids is 1. The number of amides is 1. The van der Waals surface area contributed by atoms with Gasteiger partial charge in [0.2, 0.25) is 0 Å². The van der Waals surface area contributed by atoms with Gasteiger partial charge in [-0.3, -0.25) is 4.79 Å². The van der Waals surface area contributed by atoms with E-state index in [1.807, 2.05) is 71.4 Å². The zero-order chi connectivity index (χ0) is 21.8. The number of carbonyl (C=O) groups is 1. The first-order valence-corrected chi connectivity index (χ1v) is 10.2. The monoisotopic (exact) mass is 411 g/mol. The molecule has 0 saturated carbocycles. The van der Waals surface area contributed by atoms with Crippen molar-refractivity contribution in [2.75, 3.05) is 5.32 Å². The molecule has 6 nitrogen and oxygen atoms in total. The topological polar surface area (TPSA) is 72.7 Å². The van der Waals surface area contributed by atoms with Gasteiger partial charge in [0.25, 0.3) is 5.91 Å². The molecule has 0 spiro atoms. The molecule has 4 rings (SSSR count). The predicted molar refractivity (Wildman–Crippen MR) is 122 cm³/mol. The van der Waals surface area contributed by atoms with Gasteiger partial charge in [0.05, 0.1) is 17.8 Å². The van der Waals surface area contributed by atoms with Gasteiger partial charge in [-0.15, -0.1) is 0 Å². The molecule has 2 aromatic heterocycles. The van der Waals surface area contributed by atoms with Crippen LogP contribution in [0.2, 0.25) is 0 Å². The molecule has 0 radical (unpaired) electrons. The van der Waals surface area contributed by atoms with E-state index in [-0.39, 0.29) is 11.3 Å². The SMILES string of the molecule is CC(C)(C)c1cc(NC(=O)c2cnc(-c3ccccc3)nc2)n(Cc2ccccc2)n1. The molecule has 31 heavy (non-hydrogen) atoms. The van der Waals surface area contributed by atoms with Crippen LogP contribution in [0.5, 0.6) is 0 Å². The minimum Gasteiger partial charge on any atom is -0.307 e. The molecule has 1 amide bonds. The van der Waals surface area contributed by atoms with Gasteiger partial charge < -0.3 is 5.32 Å². The molecule has 6 heteroatoms. The standard InChI is InChI=1S/C25H25N5O/c1-25(2,3)21-14-22(30(29-21)17-18-10-6-4-7-11-18)28-24(31)20-15-26-23(27-16-20)19-12-8-5-9-13-19/h4-16H,17H2,1-3H3,(H,28,31). The maximum atomic E-state index is 12.9. The van der Waals surface area contributed by atoms with Crippen LogP contribution >= 0.6 is 0 Å². The second-order valence-electron chi connectivity index (χ2n) is 8.42. The molecule has 0 aliphatic heterocycles. The average Bonchev–Trinajstić information content (AvgIpc) is 3.18. The third-order valence-corrected chi connectivity index (χ3v) is 4.91. The van der Waals surface area contributed by atoms with Crippen molar-refractivity contribution in [1.29, 1.82) is 0 Å². The molecule has 0 saturated heterocycles. The number of nitrogens with one attached hydrogen (secondary N) is 1. The van der Waals surface area contributed by atoms with Crippen LogP contribution in [0.15, 0.2) is 79.1 Å². The molecule has 0 aliphatic carbocycles. The summed E-state index contributed by atoms with van der Waals surface area (Å²) in [6.45, 7) is 6.87. The first kappa shape index (κ1) is 20.5. The Kier molecular flexibility index (Phi) is 5.62. The largest absolute Gasteiger partial charge is 0.307 e. The van der Waals surface area contributed by atoms with Crippen molar-refractivity contribution in [3.05, 3.63) is 95.9 Å². The fourth-order valence-electron chi connectivity index (χ4n) is 3.13. The van der Waals surface area contributed by atoms with Gasteiger partial charge in [0, 0.05) is 29.4 Å². The summed E-state index contributed by atoms with van der Waals surface area (Å²) in [4.78, 5) is 21.6. The van der Waals surface area contributed by atoms with Crippen LogP contribution in [0, 0.1) is 0 Å². The average molecular weight is 412 g/mol. The lowest BCUT2D eigenvalue weighted by Gasteiger charge is -2.14. The lowest BCUT2D eigenvalue weighted by atomic mass is 9.92. The Labute approximate surface area is 182 Å². The highest BCUT2D eigenvalue weighted by Crippen LogP contribution is 2.25. The Morgan fingerprint density at radius 1 is 0.935 bits per heavy atom. The van der Waals surface area contributed by atoms with Crippen molar-refractivity contribution in [2.45, 2.75) is 32.7 Å². The van der Waals surface area contributed by atoms with E-state index in [1.165, 1.54) is 0 Å². The minimum atomic E-state index is -0.269. The summed E-state index contributed by atoms with van der Waals surface area (Å²) < 4.78 is 1.83. The van der Waals surface area contributed by atoms with E-state index >= 15 is 0 Å². The Hall–Kier alpha value is -3.80. The fourth-order valence-corrected chi connectivity index (χ4v) is 3.13. The Morgan fingerprint density at radius 2 is 1.55 bits per heavy atom. The summed E-state index contributed by atoms with van der Waals surface area (Å²) in [6.07, 6.45) is 3.10. The highest BCUT2D eigenvalue weighted by atomic mass is 16.1. The lowest BCUT2D eigenvalue weighted by molar-refractivity contribution is 0.102. The van der Waals surface area contributed by atoms with Gasteiger partial charge in [-0.2, -0.15) is 5.10 Å². The van der Waals surface area contributed by atoms with E-state index in [9.17, 15) is 4.79 Å². The first-order chi connectivity index (χ1) is 14.9. The van der Waals surface area contributed by atoms with Crippen LogP contribution in [0.25, 0.3) is 11.4 Å². The molecule has 0 bridgehead atoms. The molecular weight excluding hydrogens is 386 g/mol. The molecule has 2 heterocycles. The lowest BCUT2D eigenvalue weighted by Crippen LogP contribution is -2.17. The first-order valence-electron chi connectivity index (χ1n) is 10.2. The molecule has 0 unspecified atom stereocenters. The normalized spacial score (nSPS) is 11.3. The number of nitrogens with zero attached hydrogens (tertiary/aromatic N) is 4. The van der Waals surface area contributed by atoms with E-state index in [4.69, 9.17) is 5.10 Å². The zero-order valence-electron chi connectivity index (χ0n) is 17.9. The summed E-state index contributed by atoms with van der Waals surface area (Å²) in [6, 6.07) is 21.7. The summed E-state index contributed by atoms with van der Waals surface area (Å²) in [5.74, 6) is 0.960. The van der Waals surface area contributed by atoms with E-state index in [2.05, 4.69) is 36.1 Å². The van der Waals surface area contributed by atoms with Crippen LogP contribution in [-0.4, -0.2) is 25.7 Å². The zero-order valence-corrected chi connectivity index (χ0v) is 17.9. The third kappa shape index (κ3) is 4.86. The smallest absolute Gasteiger partial charge is 0.259 e. The van der Waals surface area contributed by atoms with Crippen LogP contribution in [0.3, 0.4) is 0 Å². The third-order valence-electron chi connectivity index (χ3n) is 4.91. The van der Waals surface area contributed by atoms with E-state index in [1.54, 1.807) is 12.4 Å². The Bertz CT molecular complexity index is 1160. The van der Waals surface area contributed by atoms with Gasteiger partial charge in [0.1, 0.15) is 5.82 Å². The van der Waals surface area contributed by atoms with Gasteiger partial charge >= 0.3 is 0 Å². The van der Waals surface area contributed by atoms with Crippen LogP contribution in [0.1, 0.15) is 42.4 Å². The van der Waals surface area contributed by atoms with Crippen molar-refractivity contribution in [3.63, 3.8) is 0 Å². The van der Waals surface area contributed by atoms with Crippen LogP contribution in [0.4, 0.5) is 5.82 Å². The minimum absolute atomic E-state index is 0.137. The second kappa shape index (κ2) is 8.52. The number of benzene rings is 2.